The summed E-state index contributed by atoms with van der Waals surface area (Å²) >= 11 is 1.60. The van der Waals surface area contributed by atoms with Gasteiger partial charge in [-0.15, -0.1) is 11.3 Å². The van der Waals surface area contributed by atoms with Crippen molar-refractivity contribution in [2.75, 3.05) is 6.61 Å². The first-order chi connectivity index (χ1) is 13.2. The van der Waals surface area contributed by atoms with E-state index in [0.717, 1.165) is 21.6 Å². The van der Waals surface area contributed by atoms with Crippen molar-refractivity contribution in [2.45, 2.75) is 13.3 Å². The number of hydrogen-bond acceptors (Lipinski definition) is 6. The Morgan fingerprint density at radius 3 is 2.81 bits per heavy atom. The molecule has 0 aliphatic carbocycles. The molecule has 1 N–H and O–H groups in total. The Morgan fingerprint density at radius 2 is 2.04 bits per heavy atom. The van der Waals surface area contributed by atoms with Crippen molar-refractivity contribution in [3.05, 3.63) is 59.7 Å². The van der Waals surface area contributed by atoms with Gasteiger partial charge in [0.15, 0.2) is 5.65 Å². The zero-order valence-electron chi connectivity index (χ0n) is 14.6. The minimum Gasteiger partial charge on any atom is -0.493 e. The summed E-state index contributed by atoms with van der Waals surface area (Å²) in [6.07, 6.45) is 3.13. The second-order valence-corrected chi connectivity index (χ2v) is 6.86. The fraction of sp³-hybridized carbons (Fsp3) is 0.150. The highest BCUT2D eigenvalue weighted by molar-refractivity contribution is 7.14. The van der Waals surface area contributed by atoms with Crippen LogP contribution in [0.2, 0.25) is 0 Å². The second kappa shape index (κ2) is 7.20. The molecule has 4 rings (SSSR count). The normalized spacial score (nSPS) is 11.0. The quantitative estimate of drug-likeness (QED) is 0.532. The van der Waals surface area contributed by atoms with E-state index in [4.69, 9.17) is 4.74 Å². The van der Waals surface area contributed by atoms with Gasteiger partial charge in [-0.05, 0) is 29.5 Å². The molecule has 27 heavy (non-hydrogen) atoms. The van der Waals surface area contributed by atoms with Crippen molar-refractivity contribution in [3.8, 4) is 27.4 Å². The molecule has 7 heteroatoms. The van der Waals surface area contributed by atoms with Crippen molar-refractivity contribution >= 4 is 23.0 Å². The van der Waals surface area contributed by atoms with Crippen molar-refractivity contribution in [3.63, 3.8) is 0 Å². The number of thiophene rings is 1. The van der Waals surface area contributed by atoms with Crippen LogP contribution in [0.25, 0.3) is 27.2 Å². The van der Waals surface area contributed by atoms with Crippen LogP contribution in [-0.2, 0) is 16.0 Å². The molecule has 6 nitrogen and oxygen atoms in total. The molecular weight excluding hydrogens is 362 g/mol. The average Bonchev–Trinajstić information content (AvgIpc) is 3.32. The molecule has 0 unspecified atom stereocenters. The van der Waals surface area contributed by atoms with Gasteiger partial charge < -0.3 is 9.84 Å². The fourth-order valence-electron chi connectivity index (χ4n) is 2.88. The van der Waals surface area contributed by atoms with Crippen molar-refractivity contribution < 1.29 is 14.6 Å². The van der Waals surface area contributed by atoms with E-state index in [1.807, 2.05) is 18.2 Å². The van der Waals surface area contributed by atoms with E-state index >= 15 is 0 Å². The molecule has 0 aliphatic rings. The number of ether oxygens (including phenoxy) is 1. The first-order valence-corrected chi connectivity index (χ1v) is 9.40. The van der Waals surface area contributed by atoms with Gasteiger partial charge >= 0.3 is 5.97 Å². The first-order valence-electron chi connectivity index (χ1n) is 8.52. The molecule has 3 aromatic heterocycles. The predicted molar refractivity (Wildman–Crippen MR) is 104 cm³/mol. The molecule has 0 aliphatic heterocycles. The van der Waals surface area contributed by atoms with Gasteiger partial charge in [0.1, 0.15) is 0 Å². The molecule has 0 fully saturated rings. The Labute approximate surface area is 159 Å². The topological polar surface area (TPSA) is 76.7 Å². The van der Waals surface area contributed by atoms with E-state index in [2.05, 4.69) is 33.7 Å². The Bertz CT molecular complexity index is 1100. The van der Waals surface area contributed by atoms with E-state index in [9.17, 15) is 9.90 Å². The third kappa shape index (κ3) is 3.29. The Kier molecular flexibility index (Phi) is 4.60. The van der Waals surface area contributed by atoms with Gasteiger partial charge in [-0.1, -0.05) is 30.3 Å². The number of benzene rings is 1. The molecular formula is C20H17N3O3S. The number of carbonyl (C=O) groups is 1. The van der Waals surface area contributed by atoms with E-state index in [-0.39, 0.29) is 12.3 Å². The second-order valence-electron chi connectivity index (χ2n) is 5.95. The first kappa shape index (κ1) is 17.2. The van der Waals surface area contributed by atoms with Gasteiger partial charge in [0.05, 0.1) is 24.8 Å². The molecule has 4 aromatic rings. The molecule has 136 valence electrons. The average molecular weight is 379 g/mol. The zero-order chi connectivity index (χ0) is 18.8. The third-order valence-electron chi connectivity index (χ3n) is 4.19. The van der Waals surface area contributed by atoms with Crippen molar-refractivity contribution in [2.24, 2.45) is 0 Å². The van der Waals surface area contributed by atoms with Gasteiger partial charge in [0.2, 0.25) is 5.88 Å². The lowest BCUT2D eigenvalue weighted by Crippen LogP contribution is -2.09. The van der Waals surface area contributed by atoms with Crippen LogP contribution in [0.4, 0.5) is 0 Å². The van der Waals surface area contributed by atoms with E-state index < -0.39 is 5.97 Å². The van der Waals surface area contributed by atoms with Crippen molar-refractivity contribution in [1.29, 1.82) is 0 Å². The molecule has 0 atom stereocenters. The lowest BCUT2D eigenvalue weighted by molar-refractivity contribution is -0.142. The van der Waals surface area contributed by atoms with Gasteiger partial charge in [-0.25, -0.2) is 4.98 Å². The van der Waals surface area contributed by atoms with Crippen molar-refractivity contribution in [1.82, 2.24) is 14.6 Å². The highest BCUT2D eigenvalue weighted by Crippen LogP contribution is 2.35. The van der Waals surface area contributed by atoms with Gasteiger partial charge in [-0.3, -0.25) is 4.79 Å². The Hall–Kier alpha value is -3.19. The number of carbonyl (C=O) groups excluding carboxylic acids is 1. The number of nitrogens with zero attached hydrogens (tertiary/aromatic N) is 3. The maximum absolute atomic E-state index is 11.7. The summed E-state index contributed by atoms with van der Waals surface area (Å²) in [5.41, 5.74) is 4.02. The summed E-state index contributed by atoms with van der Waals surface area (Å²) in [6.45, 7) is 2.03. The molecule has 0 bridgehead atoms. The van der Waals surface area contributed by atoms with Crippen LogP contribution in [0.5, 0.6) is 5.88 Å². The lowest BCUT2D eigenvalue weighted by Gasteiger charge is -2.06. The summed E-state index contributed by atoms with van der Waals surface area (Å²) in [5.74, 6) is -0.508. The van der Waals surface area contributed by atoms with E-state index in [1.165, 1.54) is 10.7 Å². The highest BCUT2D eigenvalue weighted by Gasteiger charge is 2.17. The number of fused-ring (bicyclic) bond motifs is 1. The summed E-state index contributed by atoms with van der Waals surface area (Å²) in [4.78, 5) is 17.1. The van der Waals surface area contributed by atoms with Gasteiger partial charge in [-0.2, -0.15) is 9.61 Å². The van der Waals surface area contributed by atoms with Crippen LogP contribution in [0.15, 0.2) is 54.2 Å². The largest absolute Gasteiger partial charge is 0.493 e. The number of hydrogen-bond donors (Lipinski definition) is 1. The molecule has 3 heterocycles. The maximum Gasteiger partial charge on any atom is 0.310 e. The molecule has 0 spiro atoms. The summed E-state index contributed by atoms with van der Waals surface area (Å²) in [7, 11) is 0. The van der Waals surface area contributed by atoms with Crippen LogP contribution in [0.3, 0.4) is 0 Å². The summed E-state index contributed by atoms with van der Waals surface area (Å²) < 4.78 is 6.28. The smallest absolute Gasteiger partial charge is 0.310 e. The molecule has 0 saturated heterocycles. The third-order valence-corrected chi connectivity index (χ3v) is 5.15. The minimum absolute atomic E-state index is 0.0467. The number of aromatic nitrogens is 3. The zero-order valence-corrected chi connectivity index (χ0v) is 15.4. The van der Waals surface area contributed by atoms with Crippen LogP contribution >= 0.6 is 11.3 Å². The van der Waals surface area contributed by atoms with Crippen LogP contribution < -0.4 is 0 Å². The monoisotopic (exact) mass is 379 g/mol. The molecule has 1 aromatic carbocycles. The fourth-order valence-corrected chi connectivity index (χ4v) is 3.80. The number of esters is 1. The Balaban J connectivity index is 1.69. The summed E-state index contributed by atoms with van der Waals surface area (Å²) in [6, 6.07) is 12.2. The Morgan fingerprint density at radius 1 is 1.22 bits per heavy atom. The molecule has 0 radical (unpaired) electrons. The van der Waals surface area contributed by atoms with E-state index in [0.29, 0.717) is 17.8 Å². The van der Waals surface area contributed by atoms with Crippen LogP contribution in [-0.4, -0.2) is 32.3 Å². The summed E-state index contributed by atoms with van der Waals surface area (Å²) in [5, 5.41) is 16.8. The van der Waals surface area contributed by atoms with E-state index in [1.54, 1.807) is 24.5 Å². The van der Waals surface area contributed by atoms with Gasteiger partial charge in [0, 0.05) is 16.6 Å². The standard InChI is InChI=1S/C20H17N3O3S/c1-2-26-18(24)9-14-10-21-19-16(11-22-23(19)20(14)25)17-8-15(12-27-17)13-6-4-3-5-7-13/h3-8,10-12,25H,2,9H2,1H3. The maximum atomic E-state index is 11.7. The van der Waals surface area contributed by atoms with Gasteiger partial charge in [0.25, 0.3) is 0 Å². The van der Waals surface area contributed by atoms with Crippen LogP contribution in [0, 0.1) is 0 Å². The van der Waals surface area contributed by atoms with Crippen LogP contribution in [0.1, 0.15) is 12.5 Å². The molecule has 0 amide bonds. The number of rotatable bonds is 5. The number of aromatic hydroxyl groups is 1. The predicted octanol–water partition coefficient (Wildman–Crippen LogP) is 3.94. The molecule has 0 saturated carbocycles. The lowest BCUT2D eigenvalue weighted by atomic mass is 10.1. The highest BCUT2D eigenvalue weighted by atomic mass is 32.1. The minimum atomic E-state index is -0.410. The SMILES string of the molecule is CCOC(=O)Cc1cnc2c(-c3cc(-c4ccccc4)cs3)cnn2c1O.